The molecule has 0 spiro atoms. The lowest BCUT2D eigenvalue weighted by molar-refractivity contribution is -0.119. The number of nitrogens with one attached hydrogen (secondary N) is 3. The lowest BCUT2D eigenvalue weighted by atomic mass is 10.1. The number of hydrogen-bond donors (Lipinski definition) is 3. The molecule has 0 aliphatic carbocycles. The first-order valence-corrected chi connectivity index (χ1v) is 7.61. The van der Waals surface area contributed by atoms with Crippen molar-refractivity contribution in [3.63, 3.8) is 0 Å². The topological polar surface area (TPSA) is 79.5 Å². The molecule has 1 saturated heterocycles. The Morgan fingerprint density at radius 3 is 2.83 bits per heavy atom. The predicted molar refractivity (Wildman–Crippen MR) is 92.3 cm³/mol. The average molecular weight is 342 g/mol. The molecular weight excluding hydrogens is 318 g/mol. The fourth-order valence-electron chi connectivity index (χ4n) is 2.32. The molecule has 1 aliphatic rings. The molecule has 0 bridgehead atoms. The fraction of sp³-hybridized carbons (Fsp3) is 0.500. The fourth-order valence-corrected chi connectivity index (χ4v) is 2.32. The quantitative estimate of drug-likeness (QED) is 0.758. The van der Waals surface area contributed by atoms with E-state index in [1.807, 2.05) is 19.9 Å². The number of amides is 2. The molecule has 0 aromatic heterocycles. The SMILES string of the molecule is CCNC(=O)c1ccc(C)c(NC(=O)CC2CNCCO2)c1.Cl. The summed E-state index contributed by atoms with van der Waals surface area (Å²) in [5.74, 6) is -0.248. The van der Waals surface area contributed by atoms with Gasteiger partial charge in [-0.1, -0.05) is 6.07 Å². The van der Waals surface area contributed by atoms with Gasteiger partial charge in [-0.2, -0.15) is 0 Å². The maximum Gasteiger partial charge on any atom is 0.251 e. The molecule has 23 heavy (non-hydrogen) atoms. The number of rotatable bonds is 5. The van der Waals surface area contributed by atoms with E-state index in [0.717, 1.165) is 12.1 Å². The van der Waals surface area contributed by atoms with E-state index in [9.17, 15) is 9.59 Å². The number of halogens is 1. The van der Waals surface area contributed by atoms with Gasteiger partial charge in [-0.15, -0.1) is 12.4 Å². The molecule has 0 radical (unpaired) electrons. The van der Waals surface area contributed by atoms with Crippen molar-refractivity contribution in [1.82, 2.24) is 10.6 Å². The van der Waals surface area contributed by atoms with Crippen molar-refractivity contribution in [3.8, 4) is 0 Å². The third kappa shape index (κ3) is 5.82. The van der Waals surface area contributed by atoms with Crippen LogP contribution in [0, 0.1) is 6.92 Å². The number of anilines is 1. The van der Waals surface area contributed by atoms with Crippen LogP contribution >= 0.6 is 12.4 Å². The van der Waals surface area contributed by atoms with Gasteiger partial charge in [-0.25, -0.2) is 0 Å². The van der Waals surface area contributed by atoms with E-state index in [-0.39, 0.29) is 30.3 Å². The van der Waals surface area contributed by atoms with E-state index in [1.165, 1.54) is 0 Å². The second-order valence-electron chi connectivity index (χ2n) is 5.34. The summed E-state index contributed by atoms with van der Waals surface area (Å²) in [6, 6.07) is 5.29. The number of ether oxygens (including phenoxy) is 1. The van der Waals surface area contributed by atoms with Crippen molar-refractivity contribution in [2.45, 2.75) is 26.4 Å². The Labute approximate surface area is 142 Å². The van der Waals surface area contributed by atoms with Crippen molar-refractivity contribution in [3.05, 3.63) is 29.3 Å². The van der Waals surface area contributed by atoms with Gasteiger partial charge in [-0.3, -0.25) is 9.59 Å². The second-order valence-corrected chi connectivity index (χ2v) is 5.34. The Kier molecular flexibility index (Phi) is 8.02. The van der Waals surface area contributed by atoms with Crippen LogP contribution in [-0.2, 0) is 9.53 Å². The Balaban J connectivity index is 0.00000264. The summed E-state index contributed by atoms with van der Waals surface area (Å²) < 4.78 is 5.52. The van der Waals surface area contributed by atoms with Gasteiger partial charge in [0.15, 0.2) is 0 Å². The van der Waals surface area contributed by atoms with Gasteiger partial charge >= 0.3 is 0 Å². The molecule has 1 aromatic rings. The third-order valence-corrected chi connectivity index (χ3v) is 3.53. The normalized spacial score (nSPS) is 17.0. The van der Waals surface area contributed by atoms with Gasteiger partial charge in [0, 0.05) is 30.9 Å². The van der Waals surface area contributed by atoms with Crippen molar-refractivity contribution >= 4 is 29.9 Å². The average Bonchev–Trinajstić information content (AvgIpc) is 2.50. The zero-order chi connectivity index (χ0) is 15.9. The van der Waals surface area contributed by atoms with Crippen LogP contribution in [0.1, 0.15) is 29.3 Å². The van der Waals surface area contributed by atoms with Crippen LogP contribution in [0.5, 0.6) is 0 Å². The molecule has 3 N–H and O–H groups in total. The Hall–Kier alpha value is -1.63. The van der Waals surface area contributed by atoms with Gasteiger partial charge in [0.1, 0.15) is 0 Å². The first kappa shape index (κ1) is 19.4. The van der Waals surface area contributed by atoms with Gasteiger partial charge in [0.05, 0.1) is 19.1 Å². The van der Waals surface area contributed by atoms with Crippen molar-refractivity contribution < 1.29 is 14.3 Å². The minimum atomic E-state index is -0.141. The maximum atomic E-state index is 12.1. The summed E-state index contributed by atoms with van der Waals surface area (Å²) in [7, 11) is 0. The van der Waals surface area contributed by atoms with Gasteiger partial charge in [-0.05, 0) is 31.5 Å². The number of carbonyl (C=O) groups is 2. The molecule has 6 nitrogen and oxygen atoms in total. The van der Waals surface area contributed by atoms with Crippen molar-refractivity contribution in [1.29, 1.82) is 0 Å². The Morgan fingerprint density at radius 2 is 2.17 bits per heavy atom. The van der Waals surface area contributed by atoms with E-state index in [1.54, 1.807) is 12.1 Å². The van der Waals surface area contributed by atoms with Gasteiger partial charge < -0.3 is 20.7 Å². The molecule has 1 atom stereocenters. The summed E-state index contributed by atoms with van der Waals surface area (Å²) in [4.78, 5) is 24.0. The molecule has 1 heterocycles. The molecule has 2 rings (SSSR count). The highest BCUT2D eigenvalue weighted by Crippen LogP contribution is 2.18. The molecule has 1 aliphatic heterocycles. The van der Waals surface area contributed by atoms with Crippen LogP contribution in [0.4, 0.5) is 5.69 Å². The van der Waals surface area contributed by atoms with Crippen LogP contribution in [0.15, 0.2) is 18.2 Å². The monoisotopic (exact) mass is 341 g/mol. The predicted octanol–water partition coefficient (Wildman–Crippen LogP) is 1.48. The highest BCUT2D eigenvalue weighted by Gasteiger charge is 2.18. The lowest BCUT2D eigenvalue weighted by Gasteiger charge is -2.23. The lowest BCUT2D eigenvalue weighted by Crippen LogP contribution is -2.40. The third-order valence-electron chi connectivity index (χ3n) is 3.53. The van der Waals surface area contributed by atoms with Crippen molar-refractivity contribution in [2.75, 3.05) is 31.6 Å². The van der Waals surface area contributed by atoms with Crippen LogP contribution in [0.3, 0.4) is 0 Å². The molecule has 0 saturated carbocycles. The molecule has 1 fully saturated rings. The number of hydrogen-bond acceptors (Lipinski definition) is 4. The minimum absolute atomic E-state index is 0. The maximum absolute atomic E-state index is 12.1. The van der Waals surface area contributed by atoms with Crippen LogP contribution in [-0.4, -0.2) is 44.2 Å². The van der Waals surface area contributed by atoms with Gasteiger partial charge in [0.25, 0.3) is 5.91 Å². The number of morpholine rings is 1. The largest absolute Gasteiger partial charge is 0.375 e. The smallest absolute Gasteiger partial charge is 0.251 e. The summed E-state index contributed by atoms with van der Waals surface area (Å²) in [5.41, 5.74) is 2.12. The highest BCUT2D eigenvalue weighted by atomic mass is 35.5. The molecule has 2 amide bonds. The first-order valence-electron chi connectivity index (χ1n) is 7.61. The van der Waals surface area contributed by atoms with Crippen molar-refractivity contribution in [2.24, 2.45) is 0 Å². The molecular formula is C16H24ClN3O3. The number of aryl methyl sites for hydroxylation is 1. The zero-order valence-corrected chi connectivity index (χ0v) is 14.3. The summed E-state index contributed by atoms with van der Waals surface area (Å²) in [5, 5.41) is 8.81. The molecule has 1 unspecified atom stereocenters. The standard InChI is InChI=1S/C16H23N3O3.ClH/c1-3-18-16(21)12-5-4-11(2)14(8-12)19-15(20)9-13-10-17-6-7-22-13;/h4-5,8,13,17H,3,6-7,9-10H2,1-2H3,(H,18,21)(H,19,20);1H. The zero-order valence-electron chi connectivity index (χ0n) is 13.5. The van der Waals surface area contributed by atoms with Gasteiger partial charge in [0.2, 0.25) is 5.91 Å². The Bertz CT molecular complexity index is 545. The van der Waals surface area contributed by atoms with Crippen LogP contribution in [0.2, 0.25) is 0 Å². The molecule has 7 heteroatoms. The summed E-state index contributed by atoms with van der Waals surface area (Å²) in [6.45, 7) is 6.48. The van der Waals surface area contributed by atoms with E-state index in [2.05, 4.69) is 16.0 Å². The van der Waals surface area contributed by atoms with E-state index >= 15 is 0 Å². The van der Waals surface area contributed by atoms with E-state index in [4.69, 9.17) is 4.74 Å². The summed E-state index contributed by atoms with van der Waals surface area (Å²) >= 11 is 0. The minimum Gasteiger partial charge on any atom is -0.375 e. The Morgan fingerprint density at radius 1 is 1.39 bits per heavy atom. The molecule has 128 valence electrons. The highest BCUT2D eigenvalue weighted by molar-refractivity contribution is 5.97. The number of carbonyl (C=O) groups excluding carboxylic acids is 2. The second kappa shape index (κ2) is 9.50. The summed E-state index contributed by atoms with van der Waals surface area (Å²) in [6.07, 6.45) is 0.207. The first-order chi connectivity index (χ1) is 10.6. The van der Waals surface area contributed by atoms with Crippen LogP contribution < -0.4 is 16.0 Å². The van der Waals surface area contributed by atoms with E-state index < -0.39 is 0 Å². The number of benzene rings is 1. The van der Waals surface area contributed by atoms with Crippen LogP contribution in [0.25, 0.3) is 0 Å². The van der Waals surface area contributed by atoms with E-state index in [0.29, 0.717) is 37.4 Å². The molecule has 1 aromatic carbocycles.